The molecule has 2 rings (SSSR count). The summed E-state index contributed by atoms with van der Waals surface area (Å²) < 4.78 is 10.0. The minimum atomic E-state index is -0.0245. The number of nitrogens with zero attached hydrogens (tertiary/aromatic N) is 2. The molecular weight excluding hydrogens is 158 g/mol. The molecule has 2 atom stereocenters. The molecule has 1 aromatic rings. The Morgan fingerprint density at radius 1 is 1.50 bits per heavy atom. The molecular formula is C7H11N3O2. The van der Waals surface area contributed by atoms with Crippen LogP contribution in [0.1, 0.15) is 24.8 Å². The van der Waals surface area contributed by atoms with E-state index in [-0.39, 0.29) is 12.1 Å². The second-order valence-electron chi connectivity index (χ2n) is 2.95. The van der Waals surface area contributed by atoms with Crippen LogP contribution in [0.3, 0.4) is 0 Å². The lowest BCUT2D eigenvalue weighted by Gasteiger charge is -2.24. The summed E-state index contributed by atoms with van der Waals surface area (Å²) in [4.78, 5) is 3.92. The Kier molecular flexibility index (Phi) is 2.05. The van der Waals surface area contributed by atoms with Gasteiger partial charge in [0, 0.05) is 6.04 Å². The molecule has 2 N–H and O–H groups in total. The van der Waals surface area contributed by atoms with Gasteiger partial charge in [-0.25, -0.2) is 0 Å². The molecule has 1 aromatic heterocycles. The Labute approximate surface area is 69.9 Å². The van der Waals surface area contributed by atoms with Crippen molar-refractivity contribution in [3.8, 4) is 0 Å². The van der Waals surface area contributed by atoms with Gasteiger partial charge in [-0.1, -0.05) is 5.16 Å². The van der Waals surface area contributed by atoms with Gasteiger partial charge in [0.15, 0.2) is 5.82 Å². The van der Waals surface area contributed by atoms with Crippen LogP contribution in [-0.2, 0) is 4.74 Å². The maximum absolute atomic E-state index is 5.66. The molecule has 0 saturated carbocycles. The third-order valence-electron chi connectivity index (χ3n) is 1.98. The van der Waals surface area contributed by atoms with Gasteiger partial charge in [-0.2, -0.15) is 4.98 Å². The predicted octanol–water partition coefficient (Wildman–Crippen LogP) is 0.248. The van der Waals surface area contributed by atoms with E-state index in [0.29, 0.717) is 12.4 Å². The van der Waals surface area contributed by atoms with Gasteiger partial charge in [-0.3, -0.25) is 0 Å². The smallest absolute Gasteiger partial charge is 0.213 e. The third kappa shape index (κ3) is 1.46. The monoisotopic (exact) mass is 169 g/mol. The average Bonchev–Trinajstić information content (AvgIpc) is 2.58. The van der Waals surface area contributed by atoms with Crippen molar-refractivity contribution in [1.82, 2.24) is 10.1 Å². The highest BCUT2D eigenvalue weighted by molar-refractivity contribution is 4.88. The van der Waals surface area contributed by atoms with Crippen LogP contribution < -0.4 is 5.73 Å². The van der Waals surface area contributed by atoms with E-state index >= 15 is 0 Å². The Morgan fingerprint density at radius 3 is 3.00 bits per heavy atom. The van der Waals surface area contributed by atoms with Crippen molar-refractivity contribution in [2.45, 2.75) is 25.0 Å². The number of nitrogens with two attached hydrogens (primary N) is 1. The highest BCUT2D eigenvalue weighted by Gasteiger charge is 2.23. The Balaban J connectivity index is 1.99. The number of ether oxygens (including phenoxy) is 1. The van der Waals surface area contributed by atoms with Crippen molar-refractivity contribution in [2.75, 3.05) is 6.61 Å². The first-order chi connectivity index (χ1) is 5.86. The van der Waals surface area contributed by atoms with Crippen molar-refractivity contribution in [2.24, 2.45) is 5.73 Å². The number of aromatic nitrogens is 2. The summed E-state index contributed by atoms with van der Waals surface area (Å²) in [5, 5.41) is 3.71. The Morgan fingerprint density at radius 2 is 2.42 bits per heavy atom. The maximum atomic E-state index is 5.66. The Hall–Kier alpha value is -0.940. The van der Waals surface area contributed by atoms with Gasteiger partial charge < -0.3 is 15.0 Å². The molecule has 5 nitrogen and oxygen atoms in total. The first kappa shape index (κ1) is 7.70. The molecule has 0 spiro atoms. The van der Waals surface area contributed by atoms with Gasteiger partial charge in [0.1, 0.15) is 6.10 Å². The molecule has 66 valence electrons. The van der Waals surface area contributed by atoms with Crippen LogP contribution in [0.4, 0.5) is 0 Å². The van der Waals surface area contributed by atoms with E-state index in [9.17, 15) is 0 Å². The lowest BCUT2D eigenvalue weighted by Crippen LogP contribution is -2.32. The van der Waals surface area contributed by atoms with Gasteiger partial charge in [0.05, 0.1) is 6.61 Å². The summed E-state index contributed by atoms with van der Waals surface area (Å²) in [5.74, 6) is 0.627. The molecule has 5 heteroatoms. The predicted molar refractivity (Wildman–Crippen MR) is 40.2 cm³/mol. The lowest BCUT2D eigenvalue weighted by atomic mass is 10.1. The van der Waals surface area contributed by atoms with E-state index in [1.807, 2.05) is 0 Å². The first-order valence-electron chi connectivity index (χ1n) is 3.99. The van der Waals surface area contributed by atoms with E-state index in [1.165, 1.54) is 6.39 Å². The molecule has 2 heterocycles. The van der Waals surface area contributed by atoms with Gasteiger partial charge in [0.25, 0.3) is 0 Å². The molecule has 0 bridgehead atoms. The molecule has 2 unspecified atom stereocenters. The summed E-state index contributed by atoms with van der Waals surface area (Å²) in [5.41, 5.74) is 5.66. The molecule has 0 aliphatic carbocycles. The van der Waals surface area contributed by atoms with Crippen molar-refractivity contribution in [1.29, 1.82) is 0 Å². The van der Waals surface area contributed by atoms with E-state index in [1.54, 1.807) is 0 Å². The maximum Gasteiger partial charge on any atom is 0.213 e. The number of hydrogen-bond acceptors (Lipinski definition) is 5. The second-order valence-corrected chi connectivity index (χ2v) is 2.95. The zero-order valence-corrected chi connectivity index (χ0v) is 6.64. The van der Waals surface area contributed by atoms with Crippen LogP contribution in [0.15, 0.2) is 10.9 Å². The minimum Gasteiger partial charge on any atom is -0.368 e. The quantitative estimate of drug-likeness (QED) is 0.652. The van der Waals surface area contributed by atoms with E-state index in [2.05, 4.69) is 14.7 Å². The topological polar surface area (TPSA) is 74.2 Å². The first-order valence-corrected chi connectivity index (χ1v) is 3.99. The highest BCUT2D eigenvalue weighted by Crippen LogP contribution is 2.24. The second kappa shape index (κ2) is 3.20. The molecule has 0 amide bonds. The van der Waals surface area contributed by atoms with Crippen LogP contribution in [0, 0.1) is 0 Å². The van der Waals surface area contributed by atoms with Crippen LogP contribution in [-0.4, -0.2) is 22.8 Å². The fourth-order valence-electron chi connectivity index (χ4n) is 1.30. The van der Waals surface area contributed by atoms with Crippen LogP contribution in [0.2, 0.25) is 0 Å². The minimum absolute atomic E-state index is 0.0245. The molecule has 12 heavy (non-hydrogen) atoms. The van der Waals surface area contributed by atoms with Crippen molar-refractivity contribution in [3.63, 3.8) is 0 Å². The molecule has 1 aliphatic rings. The zero-order valence-electron chi connectivity index (χ0n) is 6.64. The average molecular weight is 169 g/mol. The van der Waals surface area contributed by atoms with Gasteiger partial charge in [-0.15, -0.1) is 0 Å². The molecule has 0 radical (unpaired) electrons. The van der Waals surface area contributed by atoms with E-state index in [4.69, 9.17) is 10.5 Å². The van der Waals surface area contributed by atoms with Crippen LogP contribution in [0.25, 0.3) is 0 Å². The fourth-order valence-corrected chi connectivity index (χ4v) is 1.30. The summed E-state index contributed by atoms with van der Waals surface area (Å²) in [6, 6.07) is 0.160. The molecule has 1 saturated heterocycles. The zero-order chi connectivity index (χ0) is 8.39. The standard InChI is InChI=1S/C7H11N3O2/c8-5-1-2-6(11-3-5)7-9-4-12-10-7/h4-6H,1-3,8H2. The normalized spacial score (nSPS) is 30.4. The van der Waals surface area contributed by atoms with Gasteiger partial charge in [-0.05, 0) is 12.8 Å². The summed E-state index contributed by atoms with van der Waals surface area (Å²) >= 11 is 0. The summed E-state index contributed by atoms with van der Waals surface area (Å²) in [6.07, 6.45) is 3.12. The Bertz CT molecular complexity index is 229. The van der Waals surface area contributed by atoms with Gasteiger partial charge in [0.2, 0.25) is 6.39 Å². The number of rotatable bonds is 1. The van der Waals surface area contributed by atoms with Crippen molar-refractivity contribution >= 4 is 0 Å². The largest absolute Gasteiger partial charge is 0.368 e. The summed E-state index contributed by atoms with van der Waals surface area (Å²) in [7, 11) is 0. The molecule has 1 fully saturated rings. The fraction of sp³-hybridized carbons (Fsp3) is 0.714. The van der Waals surface area contributed by atoms with Crippen molar-refractivity contribution < 1.29 is 9.26 Å². The van der Waals surface area contributed by atoms with Gasteiger partial charge >= 0.3 is 0 Å². The van der Waals surface area contributed by atoms with E-state index in [0.717, 1.165) is 12.8 Å². The highest BCUT2D eigenvalue weighted by atomic mass is 16.5. The molecule has 1 aliphatic heterocycles. The van der Waals surface area contributed by atoms with E-state index < -0.39 is 0 Å². The van der Waals surface area contributed by atoms with Crippen molar-refractivity contribution in [3.05, 3.63) is 12.2 Å². The molecule has 0 aromatic carbocycles. The number of hydrogen-bond donors (Lipinski definition) is 1. The van der Waals surface area contributed by atoms with Crippen LogP contribution in [0.5, 0.6) is 0 Å². The summed E-state index contributed by atoms with van der Waals surface area (Å²) in [6.45, 7) is 0.583. The van der Waals surface area contributed by atoms with Crippen LogP contribution >= 0.6 is 0 Å². The lowest BCUT2D eigenvalue weighted by molar-refractivity contribution is -0.00220. The SMILES string of the molecule is NC1CCC(c2ncon2)OC1. The third-order valence-corrected chi connectivity index (χ3v) is 1.98.